The molecule has 0 heterocycles. The van der Waals surface area contributed by atoms with Crippen molar-refractivity contribution < 1.29 is 33.7 Å². The smallest absolute Gasteiger partial charge is 0.407 e. The van der Waals surface area contributed by atoms with Crippen LogP contribution in [0.5, 0.6) is 0 Å². The number of nitrogens with one attached hydrogen (secondary N) is 3. The fourth-order valence-corrected chi connectivity index (χ4v) is 4.34. The highest BCUT2D eigenvalue weighted by molar-refractivity contribution is 5.77. The van der Waals surface area contributed by atoms with E-state index in [1.54, 1.807) is 27.7 Å². The SMILES string of the molecule is CCOC(=O)[C@H](NCc1ccc(CNC(=O)OCc2ccccc2)cc1)[C@H](O)[C@H](Cc1ccccc1)NC(=O)OC(C)(C)C. The summed E-state index contributed by atoms with van der Waals surface area (Å²) >= 11 is 0. The van der Waals surface area contributed by atoms with E-state index < -0.39 is 41.9 Å². The predicted octanol–water partition coefficient (Wildman–Crippen LogP) is 4.63. The van der Waals surface area contributed by atoms with E-state index in [0.717, 1.165) is 22.3 Å². The molecule has 0 fully saturated rings. The number of ether oxygens (including phenoxy) is 3. The quantitative estimate of drug-likeness (QED) is 0.154. The molecule has 0 spiro atoms. The maximum absolute atomic E-state index is 13.0. The van der Waals surface area contributed by atoms with E-state index in [9.17, 15) is 19.5 Å². The number of esters is 1. The third kappa shape index (κ3) is 12.1. The summed E-state index contributed by atoms with van der Waals surface area (Å²) < 4.78 is 15.9. The van der Waals surface area contributed by atoms with E-state index in [2.05, 4.69) is 16.0 Å². The molecule has 0 aliphatic heterocycles. The average molecular weight is 606 g/mol. The largest absolute Gasteiger partial charge is 0.465 e. The number of hydrogen-bond acceptors (Lipinski definition) is 8. The summed E-state index contributed by atoms with van der Waals surface area (Å²) in [4.78, 5) is 37.7. The minimum Gasteiger partial charge on any atom is -0.465 e. The van der Waals surface area contributed by atoms with Gasteiger partial charge in [0.2, 0.25) is 0 Å². The van der Waals surface area contributed by atoms with Crippen molar-refractivity contribution in [2.45, 2.75) is 77.6 Å². The molecule has 3 aromatic rings. The van der Waals surface area contributed by atoms with Crippen LogP contribution >= 0.6 is 0 Å². The molecule has 0 saturated heterocycles. The Morgan fingerprint density at radius 1 is 0.750 bits per heavy atom. The van der Waals surface area contributed by atoms with Crippen molar-refractivity contribution in [3.05, 3.63) is 107 Å². The van der Waals surface area contributed by atoms with Gasteiger partial charge in [-0.25, -0.2) is 9.59 Å². The zero-order chi connectivity index (χ0) is 32.0. The summed E-state index contributed by atoms with van der Waals surface area (Å²) in [6, 6.07) is 24.2. The van der Waals surface area contributed by atoms with Gasteiger partial charge in [-0.2, -0.15) is 0 Å². The molecule has 0 unspecified atom stereocenters. The Morgan fingerprint density at radius 3 is 1.89 bits per heavy atom. The molecule has 0 aromatic heterocycles. The first-order valence-electron chi connectivity index (χ1n) is 14.7. The van der Waals surface area contributed by atoms with Gasteiger partial charge in [0.25, 0.3) is 0 Å². The summed E-state index contributed by atoms with van der Waals surface area (Å²) in [5.74, 6) is -0.640. The van der Waals surface area contributed by atoms with Crippen LogP contribution in [0.3, 0.4) is 0 Å². The molecule has 3 aromatic carbocycles. The molecule has 2 amide bonds. The molecule has 0 bridgehead atoms. The Bertz CT molecular complexity index is 1310. The van der Waals surface area contributed by atoms with E-state index in [1.165, 1.54) is 0 Å². The third-order valence-electron chi connectivity index (χ3n) is 6.49. The van der Waals surface area contributed by atoms with E-state index in [0.29, 0.717) is 0 Å². The van der Waals surface area contributed by atoms with Gasteiger partial charge in [-0.3, -0.25) is 10.1 Å². The first kappa shape index (κ1) is 34.1. The molecule has 0 radical (unpaired) electrons. The minimum atomic E-state index is -1.34. The molecule has 236 valence electrons. The summed E-state index contributed by atoms with van der Waals surface area (Å²) in [6.07, 6.45) is -2.30. The van der Waals surface area contributed by atoms with E-state index in [1.807, 2.05) is 84.9 Å². The third-order valence-corrected chi connectivity index (χ3v) is 6.49. The van der Waals surface area contributed by atoms with Gasteiger partial charge in [0.1, 0.15) is 24.4 Å². The van der Waals surface area contributed by atoms with Crippen molar-refractivity contribution in [1.29, 1.82) is 0 Å². The number of amides is 2. The maximum Gasteiger partial charge on any atom is 0.407 e. The second kappa shape index (κ2) is 17.0. The molecule has 0 aliphatic rings. The Labute approximate surface area is 259 Å². The van der Waals surface area contributed by atoms with Gasteiger partial charge < -0.3 is 30.0 Å². The fraction of sp³-hybridized carbons (Fsp3) is 0.382. The van der Waals surface area contributed by atoms with Crippen LogP contribution in [0.25, 0.3) is 0 Å². The summed E-state index contributed by atoms with van der Waals surface area (Å²) in [7, 11) is 0. The highest BCUT2D eigenvalue weighted by atomic mass is 16.6. The number of carbonyl (C=O) groups excluding carboxylic acids is 3. The molecule has 4 N–H and O–H groups in total. The first-order valence-corrected chi connectivity index (χ1v) is 14.7. The van der Waals surface area contributed by atoms with E-state index >= 15 is 0 Å². The monoisotopic (exact) mass is 605 g/mol. The number of rotatable bonds is 14. The number of benzene rings is 3. The zero-order valence-electron chi connectivity index (χ0n) is 25.7. The lowest BCUT2D eigenvalue weighted by molar-refractivity contribution is -0.149. The first-order chi connectivity index (χ1) is 21.0. The Kier molecular flexibility index (Phi) is 13.2. The van der Waals surface area contributed by atoms with Gasteiger partial charge in [0.15, 0.2) is 0 Å². The van der Waals surface area contributed by atoms with Crippen molar-refractivity contribution in [2.75, 3.05) is 6.61 Å². The van der Waals surface area contributed by atoms with Gasteiger partial charge in [0, 0.05) is 13.1 Å². The topological polar surface area (TPSA) is 135 Å². The maximum atomic E-state index is 13.0. The van der Waals surface area contributed by atoms with Gasteiger partial charge in [-0.15, -0.1) is 0 Å². The van der Waals surface area contributed by atoms with Crippen LogP contribution in [0, 0.1) is 0 Å². The van der Waals surface area contributed by atoms with Crippen LogP contribution in [0.2, 0.25) is 0 Å². The van der Waals surface area contributed by atoms with Crippen LogP contribution in [-0.2, 0) is 45.1 Å². The molecule has 3 rings (SSSR count). The minimum absolute atomic E-state index is 0.127. The van der Waals surface area contributed by atoms with Gasteiger partial charge in [0.05, 0.1) is 12.6 Å². The van der Waals surface area contributed by atoms with Gasteiger partial charge in [-0.05, 0) is 56.4 Å². The van der Waals surface area contributed by atoms with Gasteiger partial charge >= 0.3 is 18.2 Å². The van der Waals surface area contributed by atoms with Crippen LogP contribution < -0.4 is 16.0 Å². The Balaban J connectivity index is 1.63. The standard InChI is InChI=1S/C34H43N3O7/c1-5-42-31(39)29(30(38)28(20-24-12-8-6-9-13-24)37-33(41)44-34(2,3)4)35-21-25-16-18-26(19-17-25)22-36-32(40)43-23-27-14-10-7-11-15-27/h6-19,28-30,35,38H,5,20-23H2,1-4H3,(H,36,40)(H,37,41)/t28-,29+,30+/m0/s1. The highest BCUT2D eigenvalue weighted by Gasteiger charge is 2.35. The normalized spacial score (nSPS) is 13.2. The fourth-order valence-electron chi connectivity index (χ4n) is 4.34. The molecule has 0 saturated carbocycles. The van der Waals surface area contributed by atoms with Crippen molar-refractivity contribution in [3.63, 3.8) is 0 Å². The molecule has 10 heteroatoms. The lowest BCUT2D eigenvalue weighted by atomic mass is 9.96. The van der Waals surface area contributed by atoms with Crippen molar-refractivity contribution in [3.8, 4) is 0 Å². The van der Waals surface area contributed by atoms with E-state index in [4.69, 9.17) is 14.2 Å². The lowest BCUT2D eigenvalue weighted by Gasteiger charge is -2.31. The van der Waals surface area contributed by atoms with Crippen LogP contribution in [0.4, 0.5) is 9.59 Å². The van der Waals surface area contributed by atoms with Crippen molar-refractivity contribution >= 4 is 18.2 Å². The predicted molar refractivity (Wildman–Crippen MR) is 166 cm³/mol. The second-order valence-corrected chi connectivity index (χ2v) is 11.3. The zero-order valence-corrected chi connectivity index (χ0v) is 25.7. The molecule has 3 atom stereocenters. The van der Waals surface area contributed by atoms with Crippen molar-refractivity contribution in [2.24, 2.45) is 0 Å². The summed E-state index contributed by atoms with van der Waals surface area (Å²) in [5.41, 5.74) is 2.72. The number of carbonyl (C=O) groups is 3. The summed E-state index contributed by atoms with van der Waals surface area (Å²) in [5, 5.41) is 20.0. The van der Waals surface area contributed by atoms with Crippen LogP contribution in [0.15, 0.2) is 84.9 Å². The molecule has 44 heavy (non-hydrogen) atoms. The molecular weight excluding hydrogens is 562 g/mol. The van der Waals surface area contributed by atoms with Crippen molar-refractivity contribution in [1.82, 2.24) is 16.0 Å². The highest BCUT2D eigenvalue weighted by Crippen LogP contribution is 2.14. The Morgan fingerprint density at radius 2 is 1.32 bits per heavy atom. The lowest BCUT2D eigenvalue weighted by Crippen LogP contribution is -2.57. The number of hydrogen-bond donors (Lipinski definition) is 4. The molecule has 10 nitrogen and oxygen atoms in total. The average Bonchev–Trinajstić information content (AvgIpc) is 2.99. The molecular formula is C34H43N3O7. The number of aliphatic hydroxyl groups is 1. The summed E-state index contributed by atoms with van der Waals surface area (Å²) in [6.45, 7) is 7.75. The molecule has 0 aliphatic carbocycles. The van der Waals surface area contributed by atoms with E-state index in [-0.39, 0.29) is 32.7 Å². The number of aliphatic hydroxyl groups excluding tert-OH is 1. The van der Waals surface area contributed by atoms with Crippen LogP contribution in [0.1, 0.15) is 49.9 Å². The van der Waals surface area contributed by atoms with Crippen LogP contribution in [-0.4, -0.2) is 53.7 Å². The van der Waals surface area contributed by atoms with Gasteiger partial charge in [-0.1, -0.05) is 84.9 Å². The number of alkyl carbamates (subject to hydrolysis) is 2. The second-order valence-electron chi connectivity index (χ2n) is 11.3. The Hall–Kier alpha value is -4.41.